The minimum atomic E-state index is 0.0890. The summed E-state index contributed by atoms with van der Waals surface area (Å²) in [6, 6.07) is 16.5. The molecule has 0 aliphatic carbocycles. The second-order valence-electron chi connectivity index (χ2n) is 3.87. The topological polar surface area (TPSA) is 20.2 Å². The molecule has 0 heterocycles. The standard InChI is InChI=1S/C15H16O/c1-2-12-7-9-13(10-8-12)15-6-4-3-5-14(15)11-16/h3-10,16H,2,11H2,1H3. The normalized spacial score (nSPS) is 10.4. The van der Waals surface area contributed by atoms with Crippen LogP contribution in [0.4, 0.5) is 0 Å². The monoisotopic (exact) mass is 212 g/mol. The SMILES string of the molecule is CCc1ccc(-c2ccccc2CO)cc1. The lowest BCUT2D eigenvalue weighted by Gasteiger charge is -2.07. The van der Waals surface area contributed by atoms with Crippen LogP contribution >= 0.6 is 0 Å². The summed E-state index contributed by atoms with van der Waals surface area (Å²) in [7, 11) is 0. The molecule has 0 amide bonds. The van der Waals surface area contributed by atoms with Gasteiger partial charge in [-0.2, -0.15) is 0 Å². The smallest absolute Gasteiger partial charge is 0.0687 e. The number of benzene rings is 2. The molecule has 0 aliphatic rings. The highest BCUT2D eigenvalue weighted by molar-refractivity contribution is 5.67. The predicted octanol–water partition coefficient (Wildman–Crippen LogP) is 3.41. The lowest BCUT2D eigenvalue weighted by molar-refractivity contribution is 0.282. The molecule has 1 N–H and O–H groups in total. The van der Waals surface area contributed by atoms with Crippen LogP contribution in [0.5, 0.6) is 0 Å². The molecule has 0 unspecified atom stereocenters. The molecule has 82 valence electrons. The Morgan fingerprint density at radius 1 is 0.938 bits per heavy atom. The molecule has 2 rings (SSSR count). The largest absolute Gasteiger partial charge is 0.392 e. The third-order valence-electron chi connectivity index (χ3n) is 2.86. The van der Waals surface area contributed by atoms with Gasteiger partial charge in [0.15, 0.2) is 0 Å². The molecule has 0 saturated heterocycles. The van der Waals surface area contributed by atoms with Crippen molar-refractivity contribution in [3.8, 4) is 11.1 Å². The van der Waals surface area contributed by atoms with Crippen molar-refractivity contribution in [3.05, 3.63) is 59.7 Å². The second kappa shape index (κ2) is 4.95. The first-order valence-corrected chi connectivity index (χ1v) is 5.63. The third-order valence-corrected chi connectivity index (χ3v) is 2.86. The van der Waals surface area contributed by atoms with E-state index in [2.05, 4.69) is 31.2 Å². The molecule has 1 nitrogen and oxygen atoms in total. The maximum absolute atomic E-state index is 9.28. The number of hydrogen-bond acceptors (Lipinski definition) is 1. The molecule has 2 aromatic carbocycles. The first kappa shape index (κ1) is 10.9. The average Bonchev–Trinajstić information content (AvgIpc) is 2.39. The van der Waals surface area contributed by atoms with Gasteiger partial charge in [0.1, 0.15) is 0 Å². The van der Waals surface area contributed by atoms with Crippen molar-refractivity contribution < 1.29 is 5.11 Å². The number of aliphatic hydroxyl groups is 1. The molecule has 0 fully saturated rings. The van der Waals surface area contributed by atoms with Gasteiger partial charge in [0, 0.05) is 0 Å². The lowest BCUT2D eigenvalue weighted by atomic mass is 9.99. The highest BCUT2D eigenvalue weighted by atomic mass is 16.3. The van der Waals surface area contributed by atoms with E-state index in [1.165, 1.54) is 11.1 Å². The zero-order valence-electron chi connectivity index (χ0n) is 9.48. The van der Waals surface area contributed by atoms with Gasteiger partial charge in [0.05, 0.1) is 6.61 Å². The van der Waals surface area contributed by atoms with Crippen LogP contribution in [0.25, 0.3) is 11.1 Å². The van der Waals surface area contributed by atoms with Crippen LogP contribution in [0, 0.1) is 0 Å². The Balaban J connectivity index is 2.42. The van der Waals surface area contributed by atoms with Crippen LogP contribution in [-0.2, 0) is 13.0 Å². The van der Waals surface area contributed by atoms with Gasteiger partial charge in [-0.25, -0.2) is 0 Å². The highest BCUT2D eigenvalue weighted by Crippen LogP contribution is 2.24. The summed E-state index contributed by atoms with van der Waals surface area (Å²) in [5, 5.41) is 9.28. The van der Waals surface area contributed by atoms with E-state index in [0.29, 0.717) is 0 Å². The van der Waals surface area contributed by atoms with E-state index < -0.39 is 0 Å². The minimum absolute atomic E-state index is 0.0890. The average molecular weight is 212 g/mol. The Kier molecular flexibility index (Phi) is 3.37. The van der Waals surface area contributed by atoms with Crippen molar-refractivity contribution in [2.75, 3.05) is 0 Å². The van der Waals surface area contributed by atoms with E-state index in [-0.39, 0.29) is 6.61 Å². The summed E-state index contributed by atoms with van der Waals surface area (Å²) in [5.74, 6) is 0. The summed E-state index contributed by atoms with van der Waals surface area (Å²) in [6.07, 6.45) is 1.06. The van der Waals surface area contributed by atoms with Crippen molar-refractivity contribution in [2.24, 2.45) is 0 Å². The minimum Gasteiger partial charge on any atom is -0.392 e. The van der Waals surface area contributed by atoms with Crippen LogP contribution < -0.4 is 0 Å². The first-order valence-electron chi connectivity index (χ1n) is 5.63. The molecule has 0 spiro atoms. The fraction of sp³-hybridized carbons (Fsp3) is 0.200. The van der Waals surface area contributed by atoms with Gasteiger partial charge >= 0.3 is 0 Å². The van der Waals surface area contributed by atoms with Gasteiger partial charge in [-0.05, 0) is 28.7 Å². The lowest BCUT2D eigenvalue weighted by Crippen LogP contribution is -1.89. The summed E-state index contributed by atoms with van der Waals surface area (Å²) >= 11 is 0. The van der Waals surface area contributed by atoms with Gasteiger partial charge in [-0.15, -0.1) is 0 Å². The fourth-order valence-corrected chi connectivity index (χ4v) is 1.86. The van der Waals surface area contributed by atoms with Gasteiger partial charge in [-0.1, -0.05) is 55.5 Å². The molecule has 0 bridgehead atoms. The first-order chi connectivity index (χ1) is 7.85. The summed E-state index contributed by atoms with van der Waals surface area (Å²) in [5.41, 5.74) is 4.60. The van der Waals surface area contributed by atoms with Crippen LogP contribution in [-0.4, -0.2) is 5.11 Å². The molecule has 0 aliphatic heterocycles. The quantitative estimate of drug-likeness (QED) is 0.826. The molecule has 1 heteroatoms. The summed E-state index contributed by atoms with van der Waals surface area (Å²) in [6.45, 7) is 2.24. The van der Waals surface area contributed by atoms with E-state index in [9.17, 15) is 5.11 Å². The van der Waals surface area contributed by atoms with E-state index in [4.69, 9.17) is 0 Å². The van der Waals surface area contributed by atoms with E-state index in [0.717, 1.165) is 17.5 Å². The Hall–Kier alpha value is -1.60. The van der Waals surface area contributed by atoms with E-state index in [1.807, 2.05) is 24.3 Å². The highest BCUT2D eigenvalue weighted by Gasteiger charge is 2.02. The zero-order chi connectivity index (χ0) is 11.4. The maximum Gasteiger partial charge on any atom is 0.0687 e. The van der Waals surface area contributed by atoms with E-state index >= 15 is 0 Å². The Morgan fingerprint density at radius 3 is 2.25 bits per heavy atom. The molecule has 2 aromatic rings. The predicted molar refractivity (Wildman–Crippen MR) is 67.2 cm³/mol. The van der Waals surface area contributed by atoms with Crippen molar-refractivity contribution >= 4 is 0 Å². The number of rotatable bonds is 3. The number of hydrogen-bond donors (Lipinski definition) is 1. The van der Waals surface area contributed by atoms with Crippen molar-refractivity contribution in [2.45, 2.75) is 20.0 Å². The molecule has 0 saturated carbocycles. The molecule has 16 heavy (non-hydrogen) atoms. The number of aryl methyl sites for hydroxylation is 1. The molecule has 0 aromatic heterocycles. The molecular formula is C15H16O. The van der Waals surface area contributed by atoms with Crippen LogP contribution in [0.3, 0.4) is 0 Å². The second-order valence-corrected chi connectivity index (χ2v) is 3.87. The van der Waals surface area contributed by atoms with Crippen LogP contribution in [0.15, 0.2) is 48.5 Å². The van der Waals surface area contributed by atoms with Gasteiger partial charge in [0.25, 0.3) is 0 Å². The van der Waals surface area contributed by atoms with Gasteiger partial charge < -0.3 is 5.11 Å². The Morgan fingerprint density at radius 2 is 1.62 bits per heavy atom. The van der Waals surface area contributed by atoms with Crippen LogP contribution in [0.1, 0.15) is 18.1 Å². The van der Waals surface area contributed by atoms with Crippen molar-refractivity contribution in [1.29, 1.82) is 0 Å². The summed E-state index contributed by atoms with van der Waals surface area (Å²) < 4.78 is 0. The Bertz CT molecular complexity index is 457. The molecular weight excluding hydrogens is 196 g/mol. The Labute approximate surface area is 96.4 Å². The van der Waals surface area contributed by atoms with Crippen LogP contribution in [0.2, 0.25) is 0 Å². The van der Waals surface area contributed by atoms with E-state index in [1.54, 1.807) is 0 Å². The molecule has 0 atom stereocenters. The van der Waals surface area contributed by atoms with Crippen molar-refractivity contribution in [3.63, 3.8) is 0 Å². The zero-order valence-corrected chi connectivity index (χ0v) is 9.48. The van der Waals surface area contributed by atoms with Crippen molar-refractivity contribution in [1.82, 2.24) is 0 Å². The maximum atomic E-state index is 9.28. The summed E-state index contributed by atoms with van der Waals surface area (Å²) in [4.78, 5) is 0. The fourth-order valence-electron chi connectivity index (χ4n) is 1.86. The van der Waals surface area contributed by atoms with Gasteiger partial charge in [-0.3, -0.25) is 0 Å². The molecule has 0 radical (unpaired) electrons. The number of aliphatic hydroxyl groups excluding tert-OH is 1. The third kappa shape index (κ3) is 2.15. The van der Waals surface area contributed by atoms with Gasteiger partial charge in [0.2, 0.25) is 0 Å².